The lowest BCUT2D eigenvalue weighted by Gasteiger charge is -2.05. The van der Waals surface area contributed by atoms with Gasteiger partial charge < -0.3 is 10.6 Å². The van der Waals surface area contributed by atoms with E-state index in [1.54, 1.807) is 60.7 Å². The zero-order valence-corrected chi connectivity index (χ0v) is 14.7. The molecule has 0 fully saturated rings. The molecule has 2 amide bonds. The molecular weight excluding hydrogens is 360 g/mol. The highest BCUT2D eigenvalue weighted by Gasteiger charge is 2.16. The average Bonchev–Trinajstić information content (AvgIpc) is 3.19. The maximum absolute atomic E-state index is 12.4. The van der Waals surface area contributed by atoms with E-state index in [1.807, 2.05) is 12.1 Å². The number of hydrogen-bond acceptors (Lipinski definition) is 5. The topological polar surface area (TPSA) is 106 Å². The van der Waals surface area contributed by atoms with Crippen molar-refractivity contribution in [2.24, 2.45) is 0 Å². The number of carbonyl (C=O) groups excluding carboxylic acids is 2. The number of thiophene rings is 1. The Balaban J connectivity index is 1.74. The van der Waals surface area contributed by atoms with Gasteiger partial charge in [0.25, 0.3) is 11.8 Å². The van der Waals surface area contributed by atoms with Crippen LogP contribution < -0.4 is 10.6 Å². The molecule has 2 N–H and O–H groups in total. The van der Waals surface area contributed by atoms with Gasteiger partial charge in [0.1, 0.15) is 12.1 Å². The summed E-state index contributed by atoms with van der Waals surface area (Å²) in [6, 6.07) is 20.4. The van der Waals surface area contributed by atoms with Crippen LogP contribution in [0.2, 0.25) is 0 Å². The Morgan fingerprint density at radius 3 is 1.52 bits per heavy atom. The molecular formula is C20H12N4O2S. The predicted octanol–water partition coefficient (Wildman–Crippen LogP) is 4.00. The summed E-state index contributed by atoms with van der Waals surface area (Å²) < 4.78 is 0. The van der Waals surface area contributed by atoms with Crippen molar-refractivity contribution in [1.29, 1.82) is 10.5 Å². The molecule has 2 aromatic carbocycles. The number of carbonyl (C=O) groups is 2. The summed E-state index contributed by atoms with van der Waals surface area (Å²) in [7, 11) is 0. The summed E-state index contributed by atoms with van der Waals surface area (Å²) in [5.41, 5.74) is 1.53. The van der Waals surface area contributed by atoms with Gasteiger partial charge in [0, 0.05) is 0 Å². The van der Waals surface area contributed by atoms with Gasteiger partial charge in [-0.2, -0.15) is 10.5 Å². The number of anilines is 2. The molecule has 27 heavy (non-hydrogen) atoms. The second kappa shape index (κ2) is 7.96. The van der Waals surface area contributed by atoms with Crippen LogP contribution in [-0.4, -0.2) is 11.8 Å². The molecule has 1 heterocycles. The molecule has 0 radical (unpaired) electrons. The molecule has 0 saturated heterocycles. The van der Waals surface area contributed by atoms with E-state index in [1.165, 1.54) is 0 Å². The van der Waals surface area contributed by atoms with Crippen molar-refractivity contribution in [1.82, 2.24) is 0 Å². The minimum Gasteiger partial charge on any atom is -0.320 e. The third-order valence-electron chi connectivity index (χ3n) is 3.65. The number of amides is 2. The lowest BCUT2D eigenvalue weighted by Crippen LogP contribution is -2.12. The molecule has 0 atom stereocenters. The Hall–Kier alpha value is -3.94. The highest BCUT2D eigenvalue weighted by molar-refractivity contribution is 7.16. The van der Waals surface area contributed by atoms with Crippen molar-refractivity contribution < 1.29 is 9.59 Å². The molecule has 1 aromatic heterocycles. The zero-order valence-electron chi connectivity index (χ0n) is 13.9. The highest BCUT2D eigenvalue weighted by atomic mass is 32.1. The van der Waals surface area contributed by atoms with Crippen molar-refractivity contribution in [2.45, 2.75) is 0 Å². The number of nitrogens with one attached hydrogen (secondary N) is 2. The predicted molar refractivity (Wildman–Crippen MR) is 103 cm³/mol. The first kappa shape index (κ1) is 17.9. The molecule has 0 saturated carbocycles. The van der Waals surface area contributed by atoms with Gasteiger partial charge >= 0.3 is 0 Å². The number of para-hydroxylation sites is 2. The highest BCUT2D eigenvalue weighted by Crippen LogP contribution is 2.22. The van der Waals surface area contributed by atoms with Gasteiger partial charge in [-0.05, 0) is 36.4 Å². The van der Waals surface area contributed by atoms with Crippen LogP contribution in [0, 0.1) is 22.7 Å². The molecule has 0 aliphatic rings. The van der Waals surface area contributed by atoms with E-state index in [0.717, 1.165) is 11.3 Å². The fourth-order valence-electron chi connectivity index (χ4n) is 2.33. The van der Waals surface area contributed by atoms with E-state index in [0.29, 0.717) is 32.3 Å². The van der Waals surface area contributed by atoms with Crippen LogP contribution in [0.1, 0.15) is 30.5 Å². The van der Waals surface area contributed by atoms with E-state index in [-0.39, 0.29) is 0 Å². The van der Waals surface area contributed by atoms with Crippen LogP contribution in [0.5, 0.6) is 0 Å². The molecule has 0 aliphatic carbocycles. The molecule has 130 valence electrons. The second-order valence-electron chi connectivity index (χ2n) is 5.39. The maximum Gasteiger partial charge on any atom is 0.265 e. The summed E-state index contributed by atoms with van der Waals surface area (Å²) in [5.74, 6) is -0.807. The van der Waals surface area contributed by atoms with Crippen molar-refractivity contribution >= 4 is 34.5 Å². The second-order valence-corrected chi connectivity index (χ2v) is 6.47. The summed E-state index contributed by atoms with van der Waals surface area (Å²) in [6.45, 7) is 0. The lowest BCUT2D eigenvalue weighted by molar-refractivity contribution is 0.102. The SMILES string of the molecule is N#Cc1ccccc1NC(=O)c1ccc(C(=O)Nc2ccccc2C#N)s1. The third kappa shape index (κ3) is 4.01. The van der Waals surface area contributed by atoms with Crippen LogP contribution in [0.25, 0.3) is 0 Å². The molecule has 3 rings (SSSR count). The molecule has 7 heteroatoms. The minimum atomic E-state index is -0.404. The van der Waals surface area contributed by atoms with Gasteiger partial charge in [0.15, 0.2) is 0 Å². The maximum atomic E-state index is 12.4. The first-order valence-electron chi connectivity index (χ1n) is 7.83. The van der Waals surface area contributed by atoms with E-state index >= 15 is 0 Å². The fourth-order valence-corrected chi connectivity index (χ4v) is 3.13. The van der Waals surface area contributed by atoms with Crippen LogP contribution in [-0.2, 0) is 0 Å². The van der Waals surface area contributed by atoms with E-state index in [9.17, 15) is 9.59 Å². The molecule has 6 nitrogen and oxygen atoms in total. The van der Waals surface area contributed by atoms with Crippen molar-refractivity contribution in [3.63, 3.8) is 0 Å². The van der Waals surface area contributed by atoms with E-state index in [2.05, 4.69) is 10.6 Å². The minimum absolute atomic E-state index is 0.335. The lowest BCUT2D eigenvalue weighted by atomic mass is 10.2. The Bertz CT molecular complexity index is 1020. The quantitative estimate of drug-likeness (QED) is 0.722. The van der Waals surface area contributed by atoms with Gasteiger partial charge in [0.2, 0.25) is 0 Å². The van der Waals surface area contributed by atoms with Gasteiger partial charge in [-0.3, -0.25) is 9.59 Å². The Morgan fingerprint density at radius 1 is 0.704 bits per heavy atom. The van der Waals surface area contributed by atoms with Crippen LogP contribution in [0.15, 0.2) is 60.7 Å². The zero-order chi connectivity index (χ0) is 19.2. The monoisotopic (exact) mass is 372 g/mol. The van der Waals surface area contributed by atoms with Crippen LogP contribution >= 0.6 is 11.3 Å². The Morgan fingerprint density at radius 2 is 1.11 bits per heavy atom. The van der Waals surface area contributed by atoms with Crippen LogP contribution in [0.4, 0.5) is 11.4 Å². The molecule has 0 bridgehead atoms. The number of hydrogen-bond donors (Lipinski definition) is 2. The van der Waals surface area contributed by atoms with E-state index < -0.39 is 11.8 Å². The number of rotatable bonds is 4. The molecule has 0 aliphatic heterocycles. The smallest absolute Gasteiger partial charge is 0.265 e. The van der Waals surface area contributed by atoms with Gasteiger partial charge in [-0.15, -0.1) is 11.3 Å². The van der Waals surface area contributed by atoms with Crippen LogP contribution in [0.3, 0.4) is 0 Å². The van der Waals surface area contributed by atoms with Crippen molar-refractivity contribution in [3.05, 3.63) is 81.5 Å². The first-order chi connectivity index (χ1) is 13.1. The summed E-state index contributed by atoms with van der Waals surface area (Å²) in [4.78, 5) is 25.5. The summed E-state index contributed by atoms with van der Waals surface area (Å²) in [5, 5.41) is 23.5. The fraction of sp³-hybridized carbons (Fsp3) is 0. The van der Waals surface area contributed by atoms with E-state index in [4.69, 9.17) is 10.5 Å². The van der Waals surface area contributed by atoms with Gasteiger partial charge in [0.05, 0.1) is 32.3 Å². The number of benzene rings is 2. The summed E-state index contributed by atoms with van der Waals surface area (Å²) in [6.07, 6.45) is 0. The molecule has 3 aromatic rings. The van der Waals surface area contributed by atoms with Gasteiger partial charge in [-0.1, -0.05) is 24.3 Å². The van der Waals surface area contributed by atoms with Gasteiger partial charge in [-0.25, -0.2) is 0 Å². The average molecular weight is 372 g/mol. The number of nitrogens with zero attached hydrogens (tertiary/aromatic N) is 2. The normalized spacial score (nSPS) is 9.70. The Labute approximate surface area is 159 Å². The standard InChI is InChI=1S/C20H12N4O2S/c21-11-13-5-1-3-7-15(13)23-19(25)17-9-10-18(27-17)20(26)24-16-8-4-2-6-14(16)12-22/h1-10H,(H,23,25)(H,24,26). The molecule has 0 spiro atoms. The molecule has 0 unspecified atom stereocenters. The van der Waals surface area contributed by atoms with Crippen molar-refractivity contribution in [3.8, 4) is 12.1 Å². The Kier molecular flexibility index (Phi) is 5.27. The number of nitriles is 2. The first-order valence-corrected chi connectivity index (χ1v) is 8.65. The summed E-state index contributed by atoms with van der Waals surface area (Å²) >= 11 is 1.02. The third-order valence-corrected chi connectivity index (χ3v) is 4.73. The largest absolute Gasteiger partial charge is 0.320 e. The van der Waals surface area contributed by atoms with Crippen molar-refractivity contribution in [2.75, 3.05) is 10.6 Å².